The first-order valence-corrected chi connectivity index (χ1v) is 10.1. The minimum absolute atomic E-state index is 0.0852. The fourth-order valence-corrected chi connectivity index (χ4v) is 4.03. The Morgan fingerprint density at radius 1 is 1.29 bits per heavy atom. The molecule has 0 N–H and O–H groups in total. The van der Waals surface area contributed by atoms with Crippen molar-refractivity contribution in [1.29, 1.82) is 5.26 Å². The Kier molecular flexibility index (Phi) is 5.69. The van der Waals surface area contributed by atoms with Crippen LogP contribution in [0.3, 0.4) is 0 Å². The third-order valence-corrected chi connectivity index (χ3v) is 6.30. The van der Waals surface area contributed by atoms with E-state index in [9.17, 15) is 13.7 Å². The SMILES string of the molecule is CN(C1CCN(Cc2ccccc2C(C)(C)C#N)CC1)S(C)(=O)=O. The molecule has 0 unspecified atom stereocenters. The van der Waals surface area contributed by atoms with Crippen LogP contribution in [0.15, 0.2) is 24.3 Å². The summed E-state index contributed by atoms with van der Waals surface area (Å²) in [4.78, 5) is 2.35. The second-order valence-electron chi connectivity index (χ2n) is 7.18. The number of hydrogen-bond donors (Lipinski definition) is 0. The summed E-state index contributed by atoms with van der Waals surface area (Å²) in [5, 5.41) is 9.42. The maximum atomic E-state index is 11.7. The summed E-state index contributed by atoms with van der Waals surface area (Å²) in [7, 11) is -1.46. The lowest BCUT2D eigenvalue weighted by molar-refractivity contribution is 0.163. The van der Waals surface area contributed by atoms with Gasteiger partial charge in [-0.15, -0.1) is 0 Å². The summed E-state index contributed by atoms with van der Waals surface area (Å²) in [6, 6.07) is 10.6. The van der Waals surface area contributed by atoms with Gasteiger partial charge in [-0.2, -0.15) is 5.26 Å². The molecule has 132 valence electrons. The van der Waals surface area contributed by atoms with E-state index in [-0.39, 0.29) is 6.04 Å². The Morgan fingerprint density at radius 2 is 1.88 bits per heavy atom. The molecule has 0 radical (unpaired) electrons. The third kappa shape index (κ3) is 4.35. The van der Waals surface area contributed by atoms with Crippen LogP contribution < -0.4 is 0 Å². The molecule has 1 aliphatic rings. The average molecular weight is 350 g/mol. The van der Waals surface area contributed by atoms with E-state index in [4.69, 9.17) is 0 Å². The second kappa shape index (κ2) is 7.22. The van der Waals surface area contributed by atoms with Gasteiger partial charge in [0.1, 0.15) is 0 Å². The standard InChI is InChI=1S/C18H27N3O2S/c1-18(2,14-19)17-8-6-5-7-15(17)13-21-11-9-16(10-12-21)20(3)24(4,22)23/h5-8,16H,9-13H2,1-4H3. The quantitative estimate of drug-likeness (QED) is 0.818. The molecule has 1 fully saturated rings. The largest absolute Gasteiger partial charge is 0.299 e. The Hall–Kier alpha value is -1.42. The highest BCUT2D eigenvalue weighted by Crippen LogP contribution is 2.27. The van der Waals surface area contributed by atoms with Crippen LogP contribution in [0, 0.1) is 11.3 Å². The lowest BCUT2D eigenvalue weighted by Crippen LogP contribution is -2.45. The summed E-state index contributed by atoms with van der Waals surface area (Å²) < 4.78 is 24.8. The molecule has 1 aromatic carbocycles. The van der Waals surface area contributed by atoms with Crippen molar-refractivity contribution in [2.75, 3.05) is 26.4 Å². The Balaban J connectivity index is 2.05. The molecule has 0 bridgehead atoms. The maximum absolute atomic E-state index is 11.7. The molecule has 0 amide bonds. The van der Waals surface area contributed by atoms with E-state index >= 15 is 0 Å². The van der Waals surface area contributed by atoms with E-state index in [0.29, 0.717) is 0 Å². The molecule has 24 heavy (non-hydrogen) atoms. The van der Waals surface area contributed by atoms with Crippen LogP contribution >= 0.6 is 0 Å². The van der Waals surface area contributed by atoms with Crippen molar-refractivity contribution in [2.24, 2.45) is 0 Å². The Bertz CT molecular complexity index is 714. The number of piperidine rings is 1. The fraction of sp³-hybridized carbons (Fsp3) is 0.611. The number of likely N-dealkylation sites (tertiary alicyclic amines) is 1. The van der Waals surface area contributed by atoms with E-state index in [1.807, 2.05) is 32.0 Å². The van der Waals surface area contributed by atoms with Gasteiger partial charge >= 0.3 is 0 Å². The number of rotatable bonds is 5. The van der Waals surface area contributed by atoms with Gasteiger partial charge in [-0.3, -0.25) is 4.90 Å². The Morgan fingerprint density at radius 3 is 2.42 bits per heavy atom. The van der Waals surface area contributed by atoms with Gasteiger partial charge in [-0.1, -0.05) is 24.3 Å². The monoisotopic (exact) mass is 349 g/mol. The highest BCUT2D eigenvalue weighted by atomic mass is 32.2. The summed E-state index contributed by atoms with van der Waals surface area (Å²) in [6.07, 6.45) is 2.94. The van der Waals surface area contributed by atoms with Crippen molar-refractivity contribution >= 4 is 10.0 Å². The molecule has 0 atom stereocenters. The third-order valence-electron chi connectivity index (χ3n) is 4.96. The zero-order valence-corrected chi connectivity index (χ0v) is 15.8. The lowest BCUT2D eigenvalue weighted by atomic mass is 9.83. The smallest absolute Gasteiger partial charge is 0.211 e. The average Bonchev–Trinajstić information content (AvgIpc) is 2.54. The molecule has 6 heteroatoms. The number of benzene rings is 1. The van der Waals surface area contributed by atoms with Gasteiger partial charge in [0.2, 0.25) is 10.0 Å². The van der Waals surface area contributed by atoms with Crippen molar-refractivity contribution in [2.45, 2.75) is 44.7 Å². The van der Waals surface area contributed by atoms with Crippen molar-refractivity contribution in [3.05, 3.63) is 35.4 Å². The Labute approximate surface area is 145 Å². The first kappa shape index (κ1) is 18.9. The number of nitrogens with zero attached hydrogens (tertiary/aromatic N) is 3. The summed E-state index contributed by atoms with van der Waals surface area (Å²) in [5.74, 6) is 0. The molecule has 1 heterocycles. The fourth-order valence-electron chi connectivity index (χ4n) is 3.28. The topological polar surface area (TPSA) is 64.4 Å². The molecule has 1 saturated heterocycles. The minimum Gasteiger partial charge on any atom is -0.299 e. The molecule has 5 nitrogen and oxygen atoms in total. The van der Waals surface area contributed by atoms with Gasteiger partial charge in [0.05, 0.1) is 17.7 Å². The van der Waals surface area contributed by atoms with Crippen LogP contribution in [0.2, 0.25) is 0 Å². The molecule has 2 rings (SSSR count). The van der Waals surface area contributed by atoms with Crippen molar-refractivity contribution in [1.82, 2.24) is 9.21 Å². The van der Waals surface area contributed by atoms with E-state index in [1.54, 1.807) is 7.05 Å². The summed E-state index contributed by atoms with van der Waals surface area (Å²) in [5.41, 5.74) is 1.74. The van der Waals surface area contributed by atoms with Gasteiger partial charge < -0.3 is 0 Å². The van der Waals surface area contributed by atoms with E-state index in [0.717, 1.165) is 38.0 Å². The van der Waals surface area contributed by atoms with Crippen LogP contribution in [0.1, 0.15) is 37.8 Å². The van der Waals surface area contributed by atoms with Crippen molar-refractivity contribution in [3.63, 3.8) is 0 Å². The van der Waals surface area contributed by atoms with Crippen LogP contribution in [-0.4, -0.2) is 50.1 Å². The molecule has 1 aromatic rings. The van der Waals surface area contributed by atoms with Gasteiger partial charge in [0, 0.05) is 32.7 Å². The molecule has 0 aliphatic carbocycles. The molecular formula is C18H27N3O2S. The van der Waals surface area contributed by atoms with Crippen molar-refractivity contribution in [3.8, 4) is 6.07 Å². The van der Waals surface area contributed by atoms with E-state index in [2.05, 4.69) is 17.0 Å². The zero-order chi connectivity index (χ0) is 18.0. The summed E-state index contributed by atoms with van der Waals surface area (Å²) in [6.45, 7) is 6.42. The van der Waals surface area contributed by atoms with E-state index < -0.39 is 15.4 Å². The van der Waals surface area contributed by atoms with Crippen LogP contribution in [-0.2, 0) is 22.0 Å². The molecule has 0 aromatic heterocycles. The van der Waals surface area contributed by atoms with Gasteiger partial charge in [-0.25, -0.2) is 12.7 Å². The normalized spacial score (nSPS) is 17.8. The molecule has 0 spiro atoms. The van der Waals surface area contributed by atoms with Gasteiger partial charge in [-0.05, 0) is 37.8 Å². The molecular weight excluding hydrogens is 322 g/mol. The van der Waals surface area contributed by atoms with Crippen LogP contribution in [0.4, 0.5) is 0 Å². The predicted octanol–water partition coefficient (Wildman–Crippen LogP) is 2.34. The highest BCUT2D eigenvalue weighted by molar-refractivity contribution is 7.88. The van der Waals surface area contributed by atoms with Crippen LogP contribution in [0.25, 0.3) is 0 Å². The number of nitriles is 1. The van der Waals surface area contributed by atoms with E-state index in [1.165, 1.54) is 16.1 Å². The minimum atomic E-state index is -3.13. The lowest BCUT2D eigenvalue weighted by Gasteiger charge is -2.36. The highest BCUT2D eigenvalue weighted by Gasteiger charge is 2.28. The first-order valence-electron chi connectivity index (χ1n) is 8.30. The number of sulfonamides is 1. The molecule has 0 saturated carbocycles. The summed E-state index contributed by atoms with van der Waals surface area (Å²) >= 11 is 0. The predicted molar refractivity (Wildman–Crippen MR) is 96.0 cm³/mol. The van der Waals surface area contributed by atoms with Crippen molar-refractivity contribution < 1.29 is 8.42 Å². The second-order valence-corrected chi connectivity index (χ2v) is 9.22. The first-order chi connectivity index (χ1) is 11.1. The maximum Gasteiger partial charge on any atom is 0.211 e. The zero-order valence-electron chi connectivity index (χ0n) is 15.0. The molecule has 1 aliphatic heterocycles. The van der Waals surface area contributed by atoms with Gasteiger partial charge in [0.25, 0.3) is 0 Å². The van der Waals surface area contributed by atoms with Crippen LogP contribution in [0.5, 0.6) is 0 Å². The number of hydrogen-bond acceptors (Lipinski definition) is 4. The van der Waals surface area contributed by atoms with Gasteiger partial charge in [0.15, 0.2) is 0 Å².